The Labute approximate surface area is 208 Å². The molecule has 1 aliphatic heterocycles. The maximum absolute atomic E-state index is 11.8. The van der Waals surface area contributed by atoms with Gasteiger partial charge in [0, 0.05) is 60.3 Å². The fourth-order valence-electron chi connectivity index (χ4n) is 4.63. The van der Waals surface area contributed by atoms with E-state index in [0.29, 0.717) is 22.7 Å². The van der Waals surface area contributed by atoms with Crippen molar-refractivity contribution in [3.8, 4) is 17.3 Å². The predicted molar refractivity (Wildman–Crippen MR) is 134 cm³/mol. The number of piperidine rings is 1. The zero-order valence-electron chi connectivity index (χ0n) is 20.1. The average molecular weight is 483 g/mol. The summed E-state index contributed by atoms with van der Waals surface area (Å²) in [6.45, 7) is 5.85. The number of fused-ring (bicyclic) bond motifs is 1. The topological polar surface area (TPSA) is 151 Å². The molecule has 11 heteroatoms. The summed E-state index contributed by atoms with van der Waals surface area (Å²) in [5.41, 5.74) is 8.64. The molecule has 0 saturated carbocycles. The summed E-state index contributed by atoms with van der Waals surface area (Å²) in [7, 11) is 0. The van der Waals surface area contributed by atoms with Crippen LogP contribution >= 0.6 is 0 Å². The van der Waals surface area contributed by atoms with Crippen LogP contribution in [0.5, 0.6) is 0 Å². The molecule has 0 radical (unpaired) electrons. The Balaban J connectivity index is 1.46. The number of nitrogens with one attached hydrogen (secondary N) is 1. The van der Waals surface area contributed by atoms with E-state index in [-0.39, 0.29) is 17.9 Å². The van der Waals surface area contributed by atoms with Crippen molar-refractivity contribution in [3.63, 3.8) is 0 Å². The SMILES string of the molecule is CC1(C)CN(c2ccc(C#N)nn2)CC[C@H]1Nc1c(CC(N)=O)cnc2cc(-c3cccnc3)nn12. The van der Waals surface area contributed by atoms with Crippen LogP contribution < -0.4 is 16.0 Å². The van der Waals surface area contributed by atoms with Crippen molar-refractivity contribution in [3.05, 3.63) is 60.2 Å². The molecular formula is C25H26N10O. The van der Waals surface area contributed by atoms with Gasteiger partial charge in [-0.2, -0.15) is 14.9 Å². The highest BCUT2D eigenvalue weighted by atomic mass is 16.1. The van der Waals surface area contributed by atoms with E-state index in [1.807, 2.05) is 30.3 Å². The van der Waals surface area contributed by atoms with Gasteiger partial charge in [-0.1, -0.05) is 13.8 Å². The molecule has 1 saturated heterocycles. The predicted octanol–water partition coefficient (Wildman–Crippen LogP) is 2.20. The van der Waals surface area contributed by atoms with Crippen LogP contribution in [0.25, 0.3) is 16.9 Å². The molecule has 4 aromatic heterocycles. The lowest BCUT2D eigenvalue weighted by atomic mass is 9.79. The van der Waals surface area contributed by atoms with Crippen LogP contribution in [0.2, 0.25) is 0 Å². The van der Waals surface area contributed by atoms with Gasteiger partial charge in [-0.05, 0) is 30.7 Å². The first-order valence-electron chi connectivity index (χ1n) is 11.7. The number of hydrogen-bond acceptors (Lipinski definition) is 9. The minimum absolute atomic E-state index is 0.0491. The molecule has 5 heterocycles. The molecule has 0 aromatic carbocycles. The zero-order valence-corrected chi connectivity index (χ0v) is 20.1. The van der Waals surface area contributed by atoms with Gasteiger partial charge in [0.05, 0.1) is 12.1 Å². The second-order valence-electron chi connectivity index (χ2n) is 9.60. The summed E-state index contributed by atoms with van der Waals surface area (Å²) < 4.78 is 1.75. The number of nitrogens with two attached hydrogens (primary N) is 1. The van der Waals surface area contributed by atoms with E-state index < -0.39 is 5.91 Å². The Hall–Kier alpha value is -4.59. The number of amides is 1. The minimum atomic E-state index is -0.438. The number of nitrogens with zero attached hydrogens (tertiary/aromatic N) is 8. The maximum Gasteiger partial charge on any atom is 0.222 e. The summed E-state index contributed by atoms with van der Waals surface area (Å²) in [5.74, 6) is 1.01. The highest BCUT2D eigenvalue weighted by molar-refractivity contribution is 5.78. The third kappa shape index (κ3) is 4.53. The number of hydrogen-bond donors (Lipinski definition) is 2. The number of carbonyl (C=O) groups is 1. The number of primary amides is 1. The highest BCUT2D eigenvalue weighted by Gasteiger charge is 2.37. The lowest BCUT2D eigenvalue weighted by Crippen LogP contribution is -2.52. The molecule has 11 nitrogen and oxygen atoms in total. The van der Waals surface area contributed by atoms with E-state index in [1.54, 1.807) is 29.2 Å². The van der Waals surface area contributed by atoms with Gasteiger partial charge in [0.2, 0.25) is 5.91 Å². The first kappa shape index (κ1) is 23.2. The normalized spacial score (nSPS) is 17.0. The summed E-state index contributed by atoms with van der Waals surface area (Å²) in [4.78, 5) is 22.7. The quantitative estimate of drug-likeness (QED) is 0.421. The number of anilines is 2. The van der Waals surface area contributed by atoms with E-state index in [9.17, 15) is 4.79 Å². The van der Waals surface area contributed by atoms with E-state index in [0.717, 1.165) is 36.6 Å². The molecule has 1 fully saturated rings. The molecule has 0 bridgehead atoms. The van der Waals surface area contributed by atoms with E-state index in [1.165, 1.54) is 0 Å². The monoisotopic (exact) mass is 482 g/mol. The molecule has 3 N–H and O–H groups in total. The highest BCUT2D eigenvalue weighted by Crippen LogP contribution is 2.34. The smallest absolute Gasteiger partial charge is 0.222 e. The third-order valence-electron chi connectivity index (χ3n) is 6.51. The second kappa shape index (κ2) is 9.22. The first-order valence-corrected chi connectivity index (χ1v) is 11.7. The second-order valence-corrected chi connectivity index (χ2v) is 9.60. The Bertz CT molecular complexity index is 1440. The molecule has 5 rings (SSSR count). The van der Waals surface area contributed by atoms with Gasteiger partial charge in [0.25, 0.3) is 0 Å². The molecule has 1 atom stereocenters. The molecule has 0 unspecified atom stereocenters. The fraction of sp³-hybridized carbons (Fsp3) is 0.320. The molecule has 182 valence electrons. The average Bonchev–Trinajstić information content (AvgIpc) is 3.31. The van der Waals surface area contributed by atoms with Crippen LogP contribution in [-0.2, 0) is 11.2 Å². The number of aromatic nitrogens is 6. The number of nitriles is 1. The Morgan fingerprint density at radius 2 is 2.14 bits per heavy atom. The van der Waals surface area contributed by atoms with Crippen molar-refractivity contribution in [2.75, 3.05) is 23.3 Å². The van der Waals surface area contributed by atoms with Crippen LogP contribution in [0.1, 0.15) is 31.5 Å². The molecule has 4 aromatic rings. The number of carbonyl (C=O) groups excluding carboxylic acids is 1. The number of pyridine rings is 1. The van der Waals surface area contributed by atoms with Crippen LogP contribution in [-0.4, -0.2) is 54.8 Å². The van der Waals surface area contributed by atoms with E-state index in [4.69, 9.17) is 16.1 Å². The Kier molecular flexibility index (Phi) is 5.93. The zero-order chi connectivity index (χ0) is 25.3. The van der Waals surface area contributed by atoms with Crippen LogP contribution in [0, 0.1) is 16.7 Å². The molecule has 1 amide bonds. The van der Waals surface area contributed by atoms with Crippen molar-refractivity contribution < 1.29 is 4.79 Å². The molecule has 36 heavy (non-hydrogen) atoms. The van der Waals surface area contributed by atoms with Crippen LogP contribution in [0.4, 0.5) is 11.6 Å². The molecular weight excluding hydrogens is 456 g/mol. The van der Waals surface area contributed by atoms with Crippen molar-refractivity contribution in [2.45, 2.75) is 32.7 Å². The van der Waals surface area contributed by atoms with Gasteiger partial charge in [-0.15, -0.1) is 10.2 Å². The molecule has 0 aliphatic carbocycles. The van der Waals surface area contributed by atoms with Gasteiger partial charge in [0.1, 0.15) is 11.9 Å². The summed E-state index contributed by atoms with van der Waals surface area (Å²) in [5, 5.41) is 25.7. The number of rotatable bonds is 6. The third-order valence-corrected chi connectivity index (χ3v) is 6.51. The summed E-state index contributed by atoms with van der Waals surface area (Å²) >= 11 is 0. The lowest BCUT2D eigenvalue weighted by Gasteiger charge is -2.45. The molecule has 1 aliphatic rings. The van der Waals surface area contributed by atoms with Crippen molar-refractivity contribution in [1.82, 2.24) is 29.8 Å². The van der Waals surface area contributed by atoms with E-state index >= 15 is 0 Å². The van der Waals surface area contributed by atoms with Gasteiger partial charge >= 0.3 is 0 Å². The van der Waals surface area contributed by atoms with Crippen molar-refractivity contribution in [2.24, 2.45) is 11.1 Å². The summed E-state index contributed by atoms with van der Waals surface area (Å²) in [6.07, 6.45) is 6.02. The Morgan fingerprint density at radius 1 is 1.28 bits per heavy atom. The standard InChI is InChI=1S/C25H26N10O/c1-25(2)15-34(22-6-5-18(12-26)31-32-22)9-7-20(25)30-24-17(10-21(27)36)14-29-23-11-19(33-35(23)24)16-4-3-8-28-13-16/h3-6,8,11,13-14,20,30H,7,9-10,15H2,1-2H3,(H2,27,36)/t20-/m1/s1. The van der Waals surface area contributed by atoms with Crippen molar-refractivity contribution >= 4 is 23.2 Å². The largest absolute Gasteiger partial charge is 0.369 e. The van der Waals surface area contributed by atoms with Crippen LogP contribution in [0.3, 0.4) is 0 Å². The summed E-state index contributed by atoms with van der Waals surface area (Å²) in [6, 6.07) is 11.3. The van der Waals surface area contributed by atoms with E-state index in [2.05, 4.69) is 44.2 Å². The minimum Gasteiger partial charge on any atom is -0.369 e. The van der Waals surface area contributed by atoms with Crippen LogP contribution in [0.15, 0.2) is 48.9 Å². The lowest BCUT2D eigenvalue weighted by molar-refractivity contribution is -0.117. The van der Waals surface area contributed by atoms with Gasteiger partial charge in [-0.25, -0.2) is 4.98 Å². The fourth-order valence-corrected chi connectivity index (χ4v) is 4.63. The first-order chi connectivity index (χ1) is 17.3. The maximum atomic E-state index is 11.8. The van der Waals surface area contributed by atoms with Gasteiger partial charge < -0.3 is 16.0 Å². The Morgan fingerprint density at radius 3 is 2.81 bits per heavy atom. The van der Waals surface area contributed by atoms with Crippen molar-refractivity contribution in [1.29, 1.82) is 5.26 Å². The van der Waals surface area contributed by atoms with Gasteiger partial charge in [0.15, 0.2) is 17.2 Å². The molecule has 0 spiro atoms. The van der Waals surface area contributed by atoms with Gasteiger partial charge in [-0.3, -0.25) is 9.78 Å².